The highest BCUT2D eigenvalue weighted by atomic mass is 35.5. The molecule has 0 aliphatic heterocycles. The molecule has 0 radical (unpaired) electrons. The van der Waals surface area contributed by atoms with Gasteiger partial charge in [-0.1, -0.05) is 69.5 Å². The number of aliphatic imine (C=N–C) groups is 2. The smallest absolute Gasteiger partial charge is 0.212 e. The zero-order valence-electron chi connectivity index (χ0n) is 23.9. The van der Waals surface area contributed by atoms with E-state index in [1.54, 1.807) is 18.5 Å². The Bertz CT molecular complexity index is 1440. The van der Waals surface area contributed by atoms with E-state index in [9.17, 15) is 9.59 Å². The molecule has 41 heavy (non-hydrogen) atoms. The lowest BCUT2D eigenvalue weighted by Crippen LogP contribution is -2.23. The van der Waals surface area contributed by atoms with E-state index >= 15 is 0 Å². The first kappa shape index (κ1) is 31.4. The van der Waals surface area contributed by atoms with Gasteiger partial charge in [0, 0.05) is 23.0 Å². The molecule has 0 saturated heterocycles. The zero-order valence-corrected chi connectivity index (χ0v) is 24.7. The van der Waals surface area contributed by atoms with E-state index in [1.807, 2.05) is 49.4 Å². The molecule has 0 aliphatic rings. The summed E-state index contributed by atoms with van der Waals surface area (Å²) in [5, 5.41) is 3.29. The van der Waals surface area contributed by atoms with Crippen molar-refractivity contribution >= 4 is 48.1 Å². The molecule has 7 heteroatoms. The number of benzene rings is 2. The van der Waals surface area contributed by atoms with Crippen molar-refractivity contribution in [2.75, 3.05) is 0 Å². The van der Waals surface area contributed by atoms with Gasteiger partial charge in [-0.15, -0.1) is 0 Å². The summed E-state index contributed by atoms with van der Waals surface area (Å²) >= 11 is 6.76. The van der Waals surface area contributed by atoms with E-state index in [0.29, 0.717) is 40.9 Å². The normalized spacial score (nSPS) is 12.4. The third-order valence-electron chi connectivity index (χ3n) is 6.84. The standard InChI is InChI=1S/C34H37ClN4O2/c1-5-8-25(9-6-2)26-10-13-30(14-11-26)39-34(38-23-41)29(21-36-4)18-24(7-3)32-15-12-27(20-33(32)35)28-16-17-37-31(19-28)22-40/h10-23,25H,4-9H2,1-3H3,(H,38,39,41)/b24-18+,29-21-. The number of aromatic nitrogens is 1. The van der Waals surface area contributed by atoms with Crippen LogP contribution in [0.2, 0.25) is 5.02 Å². The van der Waals surface area contributed by atoms with Crippen molar-refractivity contribution in [3.8, 4) is 11.1 Å². The first-order valence-electron chi connectivity index (χ1n) is 13.9. The van der Waals surface area contributed by atoms with Gasteiger partial charge < -0.3 is 5.32 Å². The molecule has 0 atom stereocenters. The van der Waals surface area contributed by atoms with E-state index in [4.69, 9.17) is 16.6 Å². The molecule has 1 N–H and O–H groups in total. The van der Waals surface area contributed by atoms with Crippen LogP contribution in [0.1, 0.15) is 80.4 Å². The van der Waals surface area contributed by atoms with Crippen molar-refractivity contribution in [3.63, 3.8) is 0 Å². The largest absolute Gasteiger partial charge is 0.313 e. The highest BCUT2D eigenvalue weighted by Gasteiger charge is 2.13. The molecule has 1 heterocycles. The molecule has 0 saturated carbocycles. The monoisotopic (exact) mass is 568 g/mol. The number of amides is 1. The first-order chi connectivity index (χ1) is 20.0. The number of rotatable bonds is 14. The molecule has 1 aromatic heterocycles. The topological polar surface area (TPSA) is 83.8 Å². The lowest BCUT2D eigenvalue weighted by molar-refractivity contribution is -0.108. The second-order valence-corrected chi connectivity index (χ2v) is 10.1. The summed E-state index contributed by atoms with van der Waals surface area (Å²) in [5.74, 6) is 0.892. The van der Waals surface area contributed by atoms with Gasteiger partial charge >= 0.3 is 0 Å². The van der Waals surface area contributed by atoms with Crippen LogP contribution in [0.25, 0.3) is 16.7 Å². The summed E-state index contributed by atoms with van der Waals surface area (Å²) in [6.45, 7) is 10.1. The number of aldehydes is 1. The van der Waals surface area contributed by atoms with E-state index in [2.05, 4.69) is 48.0 Å². The molecule has 3 aromatic rings. The van der Waals surface area contributed by atoms with Gasteiger partial charge in [-0.05, 0) is 96.1 Å². The number of hydrogen-bond acceptors (Lipinski definition) is 5. The number of halogens is 1. The predicted molar refractivity (Wildman–Crippen MR) is 171 cm³/mol. The quantitative estimate of drug-likeness (QED) is 0.0912. The third kappa shape index (κ3) is 8.66. The molecular weight excluding hydrogens is 532 g/mol. The molecule has 0 aliphatic carbocycles. The van der Waals surface area contributed by atoms with Gasteiger partial charge in [0.05, 0.1) is 5.69 Å². The molecule has 0 bridgehead atoms. The van der Waals surface area contributed by atoms with Crippen LogP contribution in [-0.4, -0.2) is 30.2 Å². The lowest BCUT2D eigenvalue weighted by Gasteiger charge is -2.16. The summed E-state index contributed by atoms with van der Waals surface area (Å²) in [7, 11) is 0. The van der Waals surface area contributed by atoms with Crippen LogP contribution in [0.4, 0.5) is 5.69 Å². The molecule has 6 nitrogen and oxygen atoms in total. The van der Waals surface area contributed by atoms with Gasteiger partial charge in [0.25, 0.3) is 0 Å². The minimum atomic E-state index is 0.356. The number of carbonyl (C=O) groups is 2. The van der Waals surface area contributed by atoms with Gasteiger partial charge in [-0.2, -0.15) is 0 Å². The molecule has 0 fully saturated rings. The van der Waals surface area contributed by atoms with Crippen LogP contribution in [0.15, 0.2) is 88.6 Å². The van der Waals surface area contributed by atoms with Crippen LogP contribution in [-0.2, 0) is 4.79 Å². The number of allylic oxidation sites excluding steroid dienone is 1. The van der Waals surface area contributed by atoms with Gasteiger partial charge in [0.1, 0.15) is 11.5 Å². The fourth-order valence-corrected chi connectivity index (χ4v) is 5.13. The Morgan fingerprint density at radius 2 is 1.71 bits per heavy atom. The maximum absolute atomic E-state index is 11.6. The van der Waals surface area contributed by atoms with Gasteiger partial charge in [0.2, 0.25) is 6.41 Å². The average Bonchev–Trinajstić information content (AvgIpc) is 2.99. The Morgan fingerprint density at radius 3 is 2.29 bits per heavy atom. The van der Waals surface area contributed by atoms with Crippen LogP contribution >= 0.6 is 11.6 Å². The van der Waals surface area contributed by atoms with Crippen molar-refractivity contribution in [2.45, 2.75) is 58.8 Å². The van der Waals surface area contributed by atoms with Crippen LogP contribution in [0, 0.1) is 0 Å². The fourth-order valence-electron chi connectivity index (χ4n) is 4.83. The molecule has 1 amide bonds. The Hall–Kier alpha value is -4.16. The van der Waals surface area contributed by atoms with E-state index in [0.717, 1.165) is 59.9 Å². The predicted octanol–water partition coefficient (Wildman–Crippen LogP) is 8.75. The highest BCUT2D eigenvalue weighted by Crippen LogP contribution is 2.32. The molecule has 0 spiro atoms. The first-order valence-corrected chi connectivity index (χ1v) is 14.3. The van der Waals surface area contributed by atoms with E-state index in [1.165, 1.54) is 5.56 Å². The molecular formula is C34H37ClN4O2. The number of hydrogen-bond donors (Lipinski definition) is 1. The molecule has 2 aromatic carbocycles. The SMILES string of the molecule is C=N/C=C(/C=C(\CC)c1ccc(-c2ccnc(C=O)c2)cc1Cl)C(=Nc1ccc(C(CCC)CCC)cc1)NC=O. The second kappa shape index (κ2) is 16.2. The minimum Gasteiger partial charge on any atom is -0.313 e. The third-order valence-corrected chi connectivity index (χ3v) is 7.15. The van der Waals surface area contributed by atoms with Crippen molar-refractivity contribution in [3.05, 3.63) is 100 Å². The Kier molecular flexibility index (Phi) is 12.4. The van der Waals surface area contributed by atoms with Crippen LogP contribution in [0.5, 0.6) is 0 Å². The lowest BCUT2D eigenvalue weighted by atomic mass is 9.90. The highest BCUT2D eigenvalue weighted by molar-refractivity contribution is 6.32. The number of carbonyl (C=O) groups excluding carboxylic acids is 2. The molecule has 3 rings (SSSR count). The maximum atomic E-state index is 11.6. The number of amidine groups is 1. The Balaban J connectivity index is 1.97. The number of pyridine rings is 1. The summed E-state index contributed by atoms with van der Waals surface area (Å²) < 4.78 is 0. The van der Waals surface area contributed by atoms with Crippen molar-refractivity contribution in [1.29, 1.82) is 0 Å². The second-order valence-electron chi connectivity index (χ2n) is 9.66. The molecule has 0 unspecified atom stereocenters. The van der Waals surface area contributed by atoms with Gasteiger partial charge in [-0.25, -0.2) is 4.99 Å². The van der Waals surface area contributed by atoms with E-state index in [-0.39, 0.29) is 0 Å². The number of nitrogens with zero attached hydrogens (tertiary/aromatic N) is 3. The van der Waals surface area contributed by atoms with Gasteiger partial charge in [0.15, 0.2) is 6.29 Å². The zero-order chi connectivity index (χ0) is 29.6. The van der Waals surface area contributed by atoms with Crippen molar-refractivity contribution in [2.24, 2.45) is 9.98 Å². The summed E-state index contributed by atoms with van der Waals surface area (Å²) in [6.07, 6.45) is 11.7. The Morgan fingerprint density at radius 1 is 1.00 bits per heavy atom. The summed E-state index contributed by atoms with van der Waals surface area (Å²) in [6, 6.07) is 17.5. The number of nitrogens with one attached hydrogen (secondary N) is 1. The summed E-state index contributed by atoms with van der Waals surface area (Å²) in [5.41, 5.74) is 6.46. The van der Waals surface area contributed by atoms with Gasteiger partial charge in [-0.3, -0.25) is 19.6 Å². The fraction of sp³-hybridized carbons (Fsp3) is 0.265. The Labute approximate surface area is 248 Å². The van der Waals surface area contributed by atoms with E-state index < -0.39 is 0 Å². The maximum Gasteiger partial charge on any atom is 0.212 e. The molecule has 212 valence electrons. The van der Waals surface area contributed by atoms with Crippen LogP contribution in [0.3, 0.4) is 0 Å². The van der Waals surface area contributed by atoms with Crippen molar-refractivity contribution in [1.82, 2.24) is 10.3 Å². The van der Waals surface area contributed by atoms with Crippen molar-refractivity contribution < 1.29 is 9.59 Å². The minimum absolute atomic E-state index is 0.356. The summed E-state index contributed by atoms with van der Waals surface area (Å²) in [4.78, 5) is 35.5. The van der Waals surface area contributed by atoms with Crippen LogP contribution < -0.4 is 5.32 Å². The average molecular weight is 569 g/mol.